The number of rotatable bonds is 8. The van der Waals surface area contributed by atoms with E-state index in [0.717, 1.165) is 18.1 Å². The third-order valence-electron chi connectivity index (χ3n) is 4.20. The van der Waals surface area contributed by atoms with E-state index in [1.54, 1.807) is 11.6 Å². The minimum Gasteiger partial charge on any atom is -0.193 e. The Labute approximate surface area is 123 Å². The van der Waals surface area contributed by atoms with Gasteiger partial charge in [-0.3, -0.25) is 0 Å². The average Bonchev–Trinajstić information content (AvgIpc) is 3.06. The first-order valence-corrected chi connectivity index (χ1v) is 8.34. The van der Waals surface area contributed by atoms with Crippen molar-refractivity contribution < 1.29 is 0 Å². The van der Waals surface area contributed by atoms with E-state index in [4.69, 9.17) is 5.26 Å². The highest BCUT2D eigenvalue weighted by molar-refractivity contribution is 8.08. The van der Waals surface area contributed by atoms with Gasteiger partial charge in [0, 0.05) is 16.1 Å². The molecule has 106 valence electrons. The highest BCUT2D eigenvalue weighted by Crippen LogP contribution is 2.57. The summed E-state index contributed by atoms with van der Waals surface area (Å²) in [7, 11) is 0. The van der Waals surface area contributed by atoms with Crippen molar-refractivity contribution in [1.82, 2.24) is 0 Å². The minimum absolute atomic E-state index is 0.574. The van der Waals surface area contributed by atoms with E-state index in [1.165, 1.54) is 31.3 Å². The van der Waals surface area contributed by atoms with Gasteiger partial charge in [-0.05, 0) is 52.4 Å². The lowest BCUT2D eigenvalue weighted by atomic mass is 9.97. The molecule has 0 bridgehead atoms. The number of nitrogens with zero attached hydrogens (tertiary/aromatic N) is 1. The van der Waals surface area contributed by atoms with Gasteiger partial charge in [0.25, 0.3) is 0 Å². The summed E-state index contributed by atoms with van der Waals surface area (Å²) in [5.41, 5.74) is 2.78. The van der Waals surface area contributed by atoms with Crippen LogP contribution < -0.4 is 0 Å². The van der Waals surface area contributed by atoms with Gasteiger partial charge >= 0.3 is 0 Å². The quantitative estimate of drug-likeness (QED) is 0.326. The Morgan fingerprint density at radius 3 is 2.63 bits per heavy atom. The highest BCUT2D eigenvalue weighted by atomic mass is 32.2. The number of hydrogen-bond donors (Lipinski definition) is 0. The molecule has 1 aliphatic heterocycles. The number of nitriles is 1. The summed E-state index contributed by atoms with van der Waals surface area (Å²) in [5, 5.41) is 9.45. The van der Waals surface area contributed by atoms with E-state index in [-0.39, 0.29) is 0 Å². The predicted molar refractivity (Wildman–Crippen MR) is 86.3 cm³/mol. The van der Waals surface area contributed by atoms with Crippen molar-refractivity contribution in [2.24, 2.45) is 0 Å². The smallest absolute Gasteiger partial charge is 0.0911 e. The van der Waals surface area contributed by atoms with Crippen LogP contribution in [0.3, 0.4) is 0 Å². The highest BCUT2D eigenvalue weighted by Gasteiger charge is 2.48. The zero-order chi connectivity index (χ0) is 14.3. The fraction of sp³-hybridized carbons (Fsp3) is 0.706. The third kappa shape index (κ3) is 5.45. The molecule has 0 aromatic rings. The number of thioether (sulfide) groups is 1. The standard InChI is InChI=1S/C17H27NS/c1-5-15(9-7-8-14(3)12-13-18)10-11-16-17(4,6-2)19-16/h9,12,16H,5-8,10-11H2,1-4H3. The van der Waals surface area contributed by atoms with Crippen LogP contribution >= 0.6 is 11.8 Å². The average molecular weight is 277 g/mol. The summed E-state index contributed by atoms with van der Waals surface area (Å²) < 4.78 is 0.574. The second kappa shape index (κ2) is 7.80. The van der Waals surface area contributed by atoms with Crippen molar-refractivity contribution in [3.63, 3.8) is 0 Å². The van der Waals surface area contributed by atoms with E-state index >= 15 is 0 Å². The van der Waals surface area contributed by atoms with Crippen LogP contribution in [0.1, 0.15) is 66.2 Å². The monoisotopic (exact) mass is 277 g/mol. The summed E-state index contributed by atoms with van der Waals surface area (Å²) in [6, 6.07) is 2.10. The van der Waals surface area contributed by atoms with E-state index in [1.807, 2.05) is 6.92 Å². The predicted octanol–water partition coefficient (Wildman–Crippen LogP) is 5.64. The first-order valence-electron chi connectivity index (χ1n) is 7.46. The van der Waals surface area contributed by atoms with Gasteiger partial charge in [-0.2, -0.15) is 5.26 Å². The van der Waals surface area contributed by atoms with Crippen molar-refractivity contribution in [3.8, 4) is 6.07 Å². The maximum atomic E-state index is 8.57. The van der Waals surface area contributed by atoms with Crippen LogP contribution in [0, 0.1) is 11.3 Å². The fourth-order valence-electron chi connectivity index (χ4n) is 2.39. The van der Waals surface area contributed by atoms with Gasteiger partial charge in [-0.1, -0.05) is 31.1 Å². The summed E-state index contributed by atoms with van der Waals surface area (Å²) in [5.74, 6) is 0. The van der Waals surface area contributed by atoms with Crippen molar-refractivity contribution in [2.75, 3.05) is 0 Å². The van der Waals surface area contributed by atoms with Crippen LogP contribution in [-0.4, -0.2) is 10.00 Å². The summed E-state index contributed by atoms with van der Waals surface area (Å²) in [4.78, 5) is 0. The maximum absolute atomic E-state index is 8.57. The van der Waals surface area contributed by atoms with Crippen molar-refractivity contribution in [3.05, 3.63) is 23.3 Å². The molecule has 1 nitrogen and oxygen atoms in total. The third-order valence-corrected chi connectivity index (χ3v) is 6.10. The van der Waals surface area contributed by atoms with Crippen LogP contribution in [0.4, 0.5) is 0 Å². The molecule has 0 aromatic carbocycles. The molecule has 1 aliphatic rings. The molecular weight excluding hydrogens is 250 g/mol. The second-order valence-corrected chi connectivity index (χ2v) is 7.42. The summed E-state index contributed by atoms with van der Waals surface area (Å²) in [6.45, 7) is 8.99. The molecule has 2 unspecified atom stereocenters. The summed E-state index contributed by atoms with van der Waals surface area (Å²) >= 11 is 2.15. The lowest BCUT2D eigenvalue weighted by Crippen LogP contribution is -2.07. The van der Waals surface area contributed by atoms with E-state index in [2.05, 4.69) is 44.7 Å². The second-order valence-electron chi connectivity index (χ2n) is 5.69. The van der Waals surface area contributed by atoms with Gasteiger partial charge in [0.05, 0.1) is 6.07 Å². The minimum atomic E-state index is 0.574. The Kier molecular flexibility index (Phi) is 6.72. The summed E-state index contributed by atoms with van der Waals surface area (Å²) in [6.07, 6.45) is 11.2. The van der Waals surface area contributed by atoms with Crippen molar-refractivity contribution in [1.29, 1.82) is 5.26 Å². The molecule has 1 saturated heterocycles. The van der Waals surface area contributed by atoms with Crippen LogP contribution in [-0.2, 0) is 0 Å². The largest absolute Gasteiger partial charge is 0.193 e. The van der Waals surface area contributed by atoms with Crippen molar-refractivity contribution in [2.45, 2.75) is 76.2 Å². The Bertz CT molecular complexity index is 389. The van der Waals surface area contributed by atoms with Gasteiger partial charge in [-0.25, -0.2) is 0 Å². The first kappa shape index (κ1) is 16.4. The SMILES string of the molecule is CCC(=CCCC(C)=CC#N)CCC1SC1(C)CC. The number of hydrogen-bond acceptors (Lipinski definition) is 2. The molecule has 19 heavy (non-hydrogen) atoms. The fourth-order valence-corrected chi connectivity index (χ4v) is 3.66. The molecule has 0 spiro atoms. The molecule has 0 radical (unpaired) electrons. The molecule has 0 aromatic heterocycles. The molecule has 0 N–H and O–H groups in total. The van der Waals surface area contributed by atoms with E-state index < -0.39 is 0 Å². The maximum Gasteiger partial charge on any atom is 0.0911 e. The Morgan fingerprint density at radius 1 is 1.37 bits per heavy atom. The lowest BCUT2D eigenvalue weighted by Gasteiger charge is -2.07. The van der Waals surface area contributed by atoms with Crippen LogP contribution in [0.5, 0.6) is 0 Å². The van der Waals surface area contributed by atoms with Crippen LogP contribution in [0.25, 0.3) is 0 Å². The molecule has 2 atom stereocenters. The molecule has 1 rings (SSSR count). The molecule has 2 heteroatoms. The first-order chi connectivity index (χ1) is 9.05. The van der Waals surface area contributed by atoms with Gasteiger partial charge in [0.1, 0.15) is 0 Å². The molecule has 0 aliphatic carbocycles. The van der Waals surface area contributed by atoms with Crippen LogP contribution in [0.2, 0.25) is 0 Å². The Hall–Kier alpha value is -0.680. The van der Waals surface area contributed by atoms with Gasteiger partial charge < -0.3 is 0 Å². The van der Waals surface area contributed by atoms with Gasteiger partial charge in [0.15, 0.2) is 0 Å². The molecule has 1 fully saturated rings. The topological polar surface area (TPSA) is 23.8 Å². The van der Waals surface area contributed by atoms with E-state index in [9.17, 15) is 0 Å². The zero-order valence-electron chi connectivity index (χ0n) is 12.8. The zero-order valence-corrected chi connectivity index (χ0v) is 13.6. The van der Waals surface area contributed by atoms with Gasteiger partial charge in [0.2, 0.25) is 0 Å². The molecule has 0 saturated carbocycles. The molecular formula is C17H27NS. The number of allylic oxidation sites excluding steroid dienone is 4. The van der Waals surface area contributed by atoms with Crippen molar-refractivity contribution >= 4 is 11.8 Å². The molecule has 0 amide bonds. The van der Waals surface area contributed by atoms with Crippen LogP contribution in [0.15, 0.2) is 23.3 Å². The van der Waals surface area contributed by atoms with E-state index in [0.29, 0.717) is 4.75 Å². The Balaban J connectivity index is 2.30. The lowest BCUT2D eigenvalue weighted by molar-refractivity contribution is 0.629. The molecule has 1 heterocycles. The Morgan fingerprint density at radius 2 is 2.11 bits per heavy atom. The van der Waals surface area contributed by atoms with Gasteiger partial charge in [-0.15, -0.1) is 11.8 Å². The normalized spacial score (nSPS) is 27.2.